The number of pyridine rings is 1. The van der Waals surface area contributed by atoms with Crippen LogP contribution in [0.25, 0.3) is 0 Å². The number of rotatable bonds is 3. The van der Waals surface area contributed by atoms with E-state index in [9.17, 15) is 4.79 Å². The molecule has 1 aromatic carbocycles. The first-order valence-corrected chi connectivity index (χ1v) is 4.61. The molecule has 0 spiro atoms. The molecule has 0 unspecified atom stereocenters. The molecular formula is C12H10N2O. The average molecular weight is 198 g/mol. The van der Waals surface area contributed by atoms with Crippen molar-refractivity contribution >= 4 is 17.7 Å². The average Bonchev–Trinajstić information content (AvgIpc) is 2.31. The molecule has 2 aromatic rings. The molecule has 3 heteroatoms. The number of benzene rings is 1. The normalized spacial score (nSPS) is 9.60. The molecule has 3 nitrogen and oxygen atoms in total. The standard InChI is InChI=1S/C12H10N2O/c15-9-10-8-13-7-6-12(10)14-11-4-2-1-3-5-11/h1-9H,(H,13,14). The molecular weight excluding hydrogens is 188 g/mol. The number of aromatic nitrogens is 1. The van der Waals surface area contributed by atoms with E-state index in [2.05, 4.69) is 10.3 Å². The van der Waals surface area contributed by atoms with Crippen molar-refractivity contribution in [2.45, 2.75) is 0 Å². The van der Waals surface area contributed by atoms with E-state index in [1.54, 1.807) is 12.3 Å². The van der Waals surface area contributed by atoms with Crippen molar-refractivity contribution in [3.05, 3.63) is 54.4 Å². The van der Waals surface area contributed by atoms with Gasteiger partial charge in [0, 0.05) is 18.1 Å². The summed E-state index contributed by atoms with van der Waals surface area (Å²) >= 11 is 0. The summed E-state index contributed by atoms with van der Waals surface area (Å²) < 4.78 is 0. The van der Waals surface area contributed by atoms with Crippen LogP contribution in [0.5, 0.6) is 0 Å². The summed E-state index contributed by atoms with van der Waals surface area (Å²) in [7, 11) is 0. The topological polar surface area (TPSA) is 42.0 Å². The monoisotopic (exact) mass is 198 g/mol. The van der Waals surface area contributed by atoms with Crippen molar-refractivity contribution < 1.29 is 4.79 Å². The van der Waals surface area contributed by atoms with E-state index in [1.165, 1.54) is 6.20 Å². The second kappa shape index (κ2) is 4.37. The van der Waals surface area contributed by atoms with Crippen molar-refractivity contribution in [3.63, 3.8) is 0 Å². The molecule has 0 bridgehead atoms. The summed E-state index contributed by atoms with van der Waals surface area (Å²) in [5.74, 6) is 0. The molecule has 1 aromatic heterocycles. The summed E-state index contributed by atoms with van der Waals surface area (Å²) in [6.07, 6.45) is 3.98. The van der Waals surface area contributed by atoms with Gasteiger partial charge in [0.2, 0.25) is 0 Å². The maximum atomic E-state index is 10.7. The largest absolute Gasteiger partial charge is 0.355 e. The van der Waals surface area contributed by atoms with E-state index < -0.39 is 0 Å². The Labute approximate surface area is 87.8 Å². The first-order chi connectivity index (χ1) is 7.40. The van der Waals surface area contributed by atoms with Crippen LogP contribution in [0.4, 0.5) is 11.4 Å². The third-order valence-corrected chi connectivity index (χ3v) is 2.03. The Morgan fingerprint density at radius 2 is 1.93 bits per heavy atom. The number of para-hydroxylation sites is 1. The van der Waals surface area contributed by atoms with Gasteiger partial charge in [-0.3, -0.25) is 9.78 Å². The van der Waals surface area contributed by atoms with E-state index in [0.29, 0.717) is 5.56 Å². The van der Waals surface area contributed by atoms with Crippen LogP contribution < -0.4 is 5.32 Å². The van der Waals surface area contributed by atoms with E-state index in [0.717, 1.165) is 17.7 Å². The number of carbonyl (C=O) groups is 1. The van der Waals surface area contributed by atoms with Crippen LogP contribution in [-0.4, -0.2) is 11.3 Å². The van der Waals surface area contributed by atoms with Gasteiger partial charge in [-0.2, -0.15) is 0 Å². The van der Waals surface area contributed by atoms with Crippen molar-refractivity contribution in [1.29, 1.82) is 0 Å². The molecule has 0 saturated carbocycles. The summed E-state index contributed by atoms with van der Waals surface area (Å²) in [5, 5.41) is 3.15. The first kappa shape index (κ1) is 9.40. The van der Waals surface area contributed by atoms with Gasteiger partial charge in [0.15, 0.2) is 6.29 Å². The molecule has 0 aliphatic heterocycles. The van der Waals surface area contributed by atoms with Crippen LogP contribution in [0.15, 0.2) is 48.8 Å². The molecule has 0 aliphatic carbocycles. The second-order valence-corrected chi connectivity index (χ2v) is 3.07. The lowest BCUT2D eigenvalue weighted by Gasteiger charge is -2.07. The fourth-order valence-electron chi connectivity index (χ4n) is 1.29. The Kier molecular flexibility index (Phi) is 2.74. The highest BCUT2D eigenvalue weighted by Gasteiger charge is 2.00. The number of hydrogen-bond donors (Lipinski definition) is 1. The summed E-state index contributed by atoms with van der Waals surface area (Å²) in [5.41, 5.74) is 2.28. The predicted octanol–water partition coefficient (Wildman–Crippen LogP) is 2.64. The Morgan fingerprint density at radius 3 is 2.67 bits per heavy atom. The van der Waals surface area contributed by atoms with Crippen molar-refractivity contribution in [3.8, 4) is 0 Å². The third-order valence-electron chi connectivity index (χ3n) is 2.03. The fraction of sp³-hybridized carbons (Fsp3) is 0. The van der Waals surface area contributed by atoms with Crippen molar-refractivity contribution in [2.24, 2.45) is 0 Å². The summed E-state index contributed by atoms with van der Waals surface area (Å²) in [6, 6.07) is 11.5. The molecule has 1 heterocycles. The predicted molar refractivity (Wildman–Crippen MR) is 59.3 cm³/mol. The number of anilines is 2. The number of nitrogens with one attached hydrogen (secondary N) is 1. The van der Waals surface area contributed by atoms with E-state index in [4.69, 9.17) is 0 Å². The highest BCUT2D eigenvalue weighted by molar-refractivity contribution is 5.85. The number of hydrogen-bond acceptors (Lipinski definition) is 3. The lowest BCUT2D eigenvalue weighted by molar-refractivity contribution is 0.112. The van der Waals surface area contributed by atoms with Gasteiger partial charge in [0.25, 0.3) is 0 Å². The Balaban J connectivity index is 2.28. The van der Waals surface area contributed by atoms with E-state index >= 15 is 0 Å². The molecule has 0 atom stereocenters. The SMILES string of the molecule is O=Cc1cnccc1Nc1ccccc1. The lowest BCUT2D eigenvalue weighted by atomic mass is 10.2. The minimum absolute atomic E-state index is 0.557. The minimum Gasteiger partial charge on any atom is -0.355 e. The maximum Gasteiger partial charge on any atom is 0.153 e. The Hall–Kier alpha value is -2.16. The molecule has 0 saturated heterocycles. The third kappa shape index (κ3) is 2.20. The van der Waals surface area contributed by atoms with Gasteiger partial charge >= 0.3 is 0 Å². The molecule has 0 amide bonds. The maximum absolute atomic E-state index is 10.7. The molecule has 0 radical (unpaired) electrons. The fourth-order valence-corrected chi connectivity index (χ4v) is 1.29. The minimum atomic E-state index is 0.557. The highest BCUT2D eigenvalue weighted by Crippen LogP contribution is 2.17. The molecule has 1 N–H and O–H groups in total. The number of nitrogens with zero attached hydrogens (tertiary/aromatic N) is 1. The molecule has 2 rings (SSSR count). The highest BCUT2D eigenvalue weighted by atomic mass is 16.1. The Bertz CT molecular complexity index is 454. The van der Waals surface area contributed by atoms with Crippen LogP contribution in [0.2, 0.25) is 0 Å². The van der Waals surface area contributed by atoms with Gasteiger partial charge in [-0.05, 0) is 18.2 Å². The van der Waals surface area contributed by atoms with E-state index in [1.807, 2.05) is 30.3 Å². The van der Waals surface area contributed by atoms with Crippen LogP contribution in [0.1, 0.15) is 10.4 Å². The number of aldehydes is 1. The van der Waals surface area contributed by atoms with Gasteiger partial charge in [0.05, 0.1) is 11.3 Å². The summed E-state index contributed by atoms with van der Waals surface area (Å²) in [6.45, 7) is 0. The van der Waals surface area contributed by atoms with Crippen LogP contribution in [-0.2, 0) is 0 Å². The zero-order valence-electron chi connectivity index (χ0n) is 8.05. The zero-order valence-corrected chi connectivity index (χ0v) is 8.05. The number of carbonyl (C=O) groups excluding carboxylic acids is 1. The zero-order chi connectivity index (χ0) is 10.5. The summed E-state index contributed by atoms with van der Waals surface area (Å²) in [4.78, 5) is 14.6. The molecule has 15 heavy (non-hydrogen) atoms. The second-order valence-electron chi connectivity index (χ2n) is 3.07. The van der Waals surface area contributed by atoms with Gasteiger partial charge in [-0.1, -0.05) is 18.2 Å². The van der Waals surface area contributed by atoms with Crippen molar-refractivity contribution in [2.75, 3.05) is 5.32 Å². The van der Waals surface area contributed by atoms with Gasteiger partial charge in [0.1, 0.15) is 0 Å². The molecule has 0 fully saturated rings. The van der Waals surface area contributed by atoms with E-state index in [-0.39, 0.29) is 0 Å². The smallest absolute Gasteiger partial charge is 0.153 e. The van der Waals surface area contributed by atoms with Crippen LogP contribution in [0.3, 0.4) is 0 Å². The first-order valence-electron chi connectivity index (χ1n) is 4.61. The molecule has 0 aliphatic rings. The van der Waals surface area contributed by atoms with Gasteiger partial charge in [-0.15, -0.1) is 0 Å². The van der Waals surface area contributed by atoms with Gasteiger partial charge < -0.3 is 5.32 Å². The van der Waals surface area contributed by atoms with Gasteiger partial charge in [-0.25, -0.2) is 0 Å². The molecule has 74 valence electrons. The quantitative estimate of drug-likeness (QED) is 0.771. The lowest BCUT2D eigenvalue weighted by Crippen LogP contribution is -1.95. The Morgan fingerprint density at radius 1 is 1.13 bits per heavy atom. The van der Waals surface area contributed by atoms with Crippen LogP contribution >= 0.6 is 0 Å². The van der Waals surface area contributed by atoms with Crippen molar-refractivity contribution in [1.82, 2.24) is 4.98 Å². The van der Waals surface area contributed by atoms with Crippen LogP contribution in [0, 0.1) is 0 Å².